The normalized spacial score (nSPS) is 33.1. The van der Waals surface area contributed by atoms with Gasteiger partial charge in [-0.25, -0.2) is 4.98 Å². The molecule has 1 N–H and O–H groups in total. The van der Waals surface area contributed by atoms with Crippen LogP contribution in [0.4, 0.5) is 0 Å². The van der Waals surface area contributed by atoms with E-state index in [-0.39, 0.29) is 5.41 Å². The van der Waals surface area contributed by atoms with E-state index in [0.717, 1.165) is 60.4 Å². The first-order valence-electron chi connectivity index (χ1n) is 9.89. The summed E-state index contributed by atoms with van der Waals surface area (Å²) in [5.74, 6) is 3.68. The molecule has 4 nitrogen and oxygen atoms in total. The van der Waals surface area contributed by atoms with Crippen molar-refractivity contribution in [2.24, 2.45) is 23.2 Å². The Hall–Kier alpha value is -1.84. The molecule has 4 heteroatoms. The minimum atomic E-state index is -0.0716. The number of hydrogen-bond donors (Lipinski definition) is 1. The zero-order valence-electron chi connectivity index (χ0n) is 15.0. The summed E-state index contributed by atoms with van der Waals surface area (Å²) in [5.41, 5.74) is 2.10. The molecule has 132 valence electrons. The molecule has 2 aromatic rings. The highest BCUT2D eigenvalue weighted by Crippen LogP contribution is 2.60. The van der Waals surface area contributed by atoms with E-state index in [0.29, 0.717) is 12.5 Å². The fourth-order valence-electron chi connectivity index (χ4n) is 6.35. The number of amides is 1. The van der Waals surface area contributed by atoms with Gasteiger partial charge in [-0.3, -0.25) is 4.79 Å². The molecule has 1 heterocycles. The van der Waals surface area contributed by atoms with Crippen molar-refractivity contribution in [1.29, 1.82) is 0 Å². The minimum Gasteiger partial charge on any atom is -0.348 e. The SMILES string of the molecule is CCn1c(CNC(=O)C23CC4CC(CC(C4)C2)C3)nc2ccccc21. The van der Waals surface area contributed by atoms with E-state index in [9.17, 15) is 4.79 Å². The topological polar surface area (TPSA) is 46.9 Å². The fraction of sp³-hybridized carbons (Fsp3) is 0.619. The Morgan fingerprint density at radius 2 is 1.80 bits per heavy atom. The standard InChI is InChI=1S/C21H27N3O/c1-2-24-18-6-4-3-5-17(18)23-19(24)13-22-20(25)21-10-14-7-15(11-21)9-16(8-14)12-21/h3-6,14-16H,2,7-13H2,1H3,(H,22,25). The second kappa shape index (κ2) is 5.58. The van der Waals surface area contributed by atoms with Gasteiger partial charge in [0, 0.05) is 12.0 Å². The number of benzene rings is 1. The molecule has 6 rings (SSSR count). The predicted octanol–water partition coefficient (Wildman–Crippen LogP) is 3.89. The lowest BCUT2D eigenvalue weighted by molar-refractivity contribution is -0.146. The summed E-state index contributed by atoms with van der Waals surface area (Å²) in [6.45, 7) is 3.56. The molecular weight excluding hydrogens is 310 g/mol. The van der Waals surface area contributed by atoms with Crippen LogP contribution in [-0.4, -0.2) is 15.5 Å². The van der Waals surface area contributed by atoms with Crippen LogP contribution in [0.3, 0.4) is 0 Å². The quantitative estimate of drug-likeness (QED) is 0.920. The number of nitrogens with one attached hydrogen (secondary N) is 1. The second-order valence-electron chi connectivity index (χ2n) is 8.64. The van der Waals surface area contributed by atoms with Gasteiger partial charge in [-0.2, -0.15) is 0 Å². The maximum Gasteiger partial charge on any atom is 0.226 e. The van der Waals surface area contributed by atoms with Gasteiger partial charge in [-0.15, -0.1) is 0 Å². The molecule has 0 saturated heterocycles. The first kappa shape index (κ1) is 15.4. The molecule has 0 radical (unpaired) electrons. The van der Waals surface area contributed by atoms with Gasteiger partial charge >= 0.3 is 0 Å². The summed E-state index contributed by atoms with van der Waals surface area (Å²) in [4.78, 5) is 17.9. The van der Waals surface area contributed by atoms with Gasteiger partial charge in [0.15, 0.2) is 0 Å². The highest BCUT2D eigenvalue weighted by molar-refractivity contribution is 5.83. The lowest BCUT2D eigenvalue weighted by Crippen LogP contribution is -2.53. The number of hydrogen-bond acceptors (Lipinski definition) is 2. The summed E-state index contributed by atoms with van der Waals surface area (Å²) < 4.78 is 2.22. The molecule has 4 fully saturated rings. The van der Waals surface area contributed by atoms with Gasteiger partial charge < -0.3 is 9.88 Å². The third kappa shape index (κ3) is 2.41. The fourth-order valence-corrected chi connectivity index (χ4v) is 6.35. The number of fused-ring (bicyclic) bond motifs is 1. The largest absolute Gasteiger partial charge is 0.348 e. The molecule has 0 spiro atoms. The molecule has 0 atom stereocenters. The van der Waals surface area contributed by atoms with Crippen molar-refractivity contribution < 1.29 is 4.79 Å². The van der Waals surface area contributed by atoms with E-state index in [1.54, 1.807) is 0 Å². The van der Waals surface area contributed by atoms with Crippen LogP contribution in [-0.2, 0) is 17.9 Å². The monoisotopic (exact) mass is 337 g/mol. The second-order valence-corrected chi connectivity index (χ2v) is 8.64. The van der Waals surface area contributed by atoms with Gasteiger partial charge in [-0.05, 0) is 75.3 Å². The first-order chi connectivity index (χ1) is 12.2. The van der Waals surface area contributed by atoms with Crippen LogP contribution < -0.4 is 5.32 Å². The predicted molar refractivity (Wildman–Crippen MR) is 97.9 cm³/mol. The van der Waals surface area contributed by atoms with Crippen molar-refractivity contribution in [2.75, 3.05) is 0 Å². The van der Waals surface area contributed by atoms with Crippen molar-refractivity contribution in [2.45, 2.75) is 58.5 Å². The van der Waals surface area contributed by atoms with E-state index in [1.807, 2.05) is 18.2 Å². The van der Waals surface area contributed by atoms with Crippen molar-refractivity contribution >= 4 is 16.9 Å². The smallest absolute Gasteiger partial charge is 0.226 e. The van der Waals surface area contributed by atoms with Crippen molar-refractivity contribution in [3.8, 4) is 0 Å². The number of imidazole rings is 1. The van der Waals surface area contributed by atoms with Gasteiger partial charge in [0.2, 0.25) is 5.91 Å². The molecule has 1 aromatic carbocycles. The molecule has 25 heavy (non-hydrogen) atoms. The van der Waals surface area contributed by atoms with E-state index >= 15 is 0 Å². The van der Waals surface area contributed by atoms with Crippen LogP contribution in [0, 0.1) is 23.2 Å². The summed E-state index contributed by atoms with van der Waals surface area (Å²) in [6, 6.07) is 8.23. The Morgan fingerprint density at radius 3 is 2.44 bits per heavy atom. The highest BCUT2D eigenvalue weighted by atomic mass is 16.2. The lowest BCUT2D eigenvalue weighted by atomic mass is 9.49. The molecule has 4 aliphatic carbocycles. The van der Waals surface area contributed by atoms with Crippen molar-refractivity contribution in [1.82, 2.24) is 14.9 Å². The minimum absolute atomic E-state index is 0.0716. The Morgan fingerprint density at radius 1 is 1.16 bits per heavy atom. The molecule has 4 aliphatic rings. The zero-order chi connectivity index (χ0) is 17.0. The molecule has 0 aliphatic heterocycles. The molecular formula is C21H27N3O. The maximum atomic E-state index is 13.1. The van der Waals surface area contributed by atoms with Crippen LogP contribution >= 0.6 is 0 Å². The van der Waals surface area contributed by atoms with Gasteiger partial charge in [-0.1, -0.05) is 12.1 Å². The van der Waals surface area contributed by atoms with Crippen LogP contribution in [0.25, 0.3) is 11.0 Å². The van der Waals surface area contributed by atoms with Gasteiger partial charge in [0.1, 0.15) is 5.82 Å². The van der Waals surface area contributed by atoms with Crippen LogP contribution in [0.2, 0.25) is 0 Å². The van der Waals surface area contributed by atoms with Crippen LogP contribution in [0.5, 0.6) is 0 Å². The zero-order valence-corrected chi connectivity index (χ0v) is 15.0. The van der Waals surface area contributed by atoms with Crippen molar-refractivity contribution in [3.05, 3.63) is 30.1 Å². The Kier molecular flexibility index (Phi) is 3.44. The summed E-state index contributed by atoms with van der Waals surface area (Å²) in [5, 5.41) is 3.27. The maximum absolute atomic E-state index is 13.1. The number of nitrogens with zero attached hydrogens (tertiary/aromatic N) is 2. The number of aryl methyl sites for hydroxylation is 1. The third-order valence-corrected chi connectivity index (χ3v) is 6.98. The number of aromatic nitrogens is 2. The number of para-hydroxylation sites is 2. The van der Waals surface area contributed by atoms with E-state index < -0.39 is 0 Å². The van der Waals surface area contributed by atoms with Gasteiger partial charge in [0.25, 0.3) is 0 Å². The van der Waals surface area contributed by atoms with Crippen molar-refractivity contribution in [3.63, 3.8) is 0 Å². The average Bonchev–Trinajstić information content (AvgIpc) is 2.96. The third-order valence-electron chi connectivity index (χ3n) is 6.98. The van der Waals surface area contributed by atoms with Crippen LogP contribution in [0.1, 0.15) is 51.3 Å². The molecule has 4 bridgehead atoms. The van der Waals surface area contributed by atoms with E-state index in [4.69, 9.17) is 4.98 Å². The molecule has 1 aromatic heterocycles. The van der Waals surface area contributed by atoms with E-state index in [2.05, 4.69) is 22.9 Å². The number of carbonyl (C=O) groups excluding carboxylic acids is 1. The molecule has 0 unspecified atom stereocenters. The van der Waals surface area contributed by atoms with Gasteiger partial charge in [0.05, 0.1) is 17.6 Å². The Bertz CT molecular complexity index is 786. The first-order valence-corrected chi connectivity index (χ1v) is 9.89. The summed E-state index contributed by atoms with van der Waals surface area (Å²) >= 11 is 0. The summed E-state index contributed by atoms with van der Waals surface area (Å²) in [7, 11) is 0. The van der Waals surface area contributed by atoms with E-state index in [1.165, 1.54) is 19.3 Å². The summed E-state index contributed by atoms with van der Waals surface area (Å²) in [6.07, 6.45) is 7.48. The molecule has 1 amide bonds. The average molecular weight is 337 g/mol. The van der Waals surface area contributed by atoms with Crippen LogP contribution in [0.15, 0.2) is 24.3 Å². The Labute approximate surface area is 149 Å². The number of rotatable bonds is 4. The molecule has 4 saturated carbocycles. The number of carbonyl (C=O) groups is 1. The Balaban J connectivity index is 1.36. The highest BCUT2D eigenvalue weighted by Gasteiger charge is 2.54. The lowest BCUT2D eigenvalue weighted by Gasteiger charge is -2.55.